The third-order valence-electron chi connectivity index (χ3n) is 5.26. The number of methoxy groups -OCH3 is 3. The number of likely N-dealkylation sites (N-methyl/N-ethyl adjacent to an activating group) is 1. The predicted molar refractivity (Wildman–Crippen MR) is 114 cm³/mol. The average molecular weight is 413 g/mol. The van der Waals surface area contributed by atoms with Gasteiger partial charge in [-0.15, -0.1) is 11.3 Å². The molecular weight excluding hydrogens is 390 g/mol. The van der Waals surface area contributed by atoms with Crippen LogP contribution in [0.15, 0.2) is 18.2 Å². The van der Waals surface area contributed by atoms with Gasteiger partial charge in [0.2, 0.25) is 0 Å². The van der Waals surface area contributed by atoms with Crippen molar-refractivity contribution in [1.29, 1.82) is 0 Å². The molecule has 0 fully saturated rings. The zero-order valence-corrected chi connectivity index (χ0v) is 17.7. The molecule has 0 amide bonds. The van der Waals surface area contributed by atoms with Crippen LogP contribution in [-0.4, -0.2) is 50.8 Å². The molecule has 0 bridgehead atoms. The smallest absolute Gasteiger partial charge is 0.350 e. The zero-order chi connectivity index (χ0) is 20.7. The maximum Gasteiger partial charge on any atom is 0.350 e. The van der Waals surface area contributed by atoms with Gasteiger partial charge in [-0.25, -0.2) is 9.78 Å². The molecule has 1 aliphatic rings. The number of benzene rings is 1. The van der Waals surface area contributed by atoms with Crippen molar-refractivity contribution >= 4 is 33.2 Å². The lowest BCUT2D eigenvalue weighted by Gasteiger charge is -2.27. The highest BCUT2D eigenvalue weighted by atomic mass is 32.1. The lowest BCUT2D eigenvalue weighted by Crippen LogP contribution is -2.27. The summed E-state index contributed by atoms with van der Waals surface area (Å²) in [5, 5.41) is 0.789. The lowest BCUT2D eigenvalue weighted by atomic mass is 9.92. The molecule has 2 aromatic heterocycles. The molecule has 2 N–H and O–H groups in total. The van der Waals surface area contributed by atoms with Crippen molar-refractivity contribution < 1.29 is 19.0 Å². The van der Waals surface area contributed by atoms with Crippen molar-refractivity contribution in [3.8, 4) is 22.6 Å². The van der Waals surface area contributed by atoms with Gasteiger partial charge >= 0.3 is 5.97 Å². The summed E-state index contributed by atoms with van der Waals surface area (Å²) in [6.07, 6.45) is 0.841. The summed E-state index contributed by atoms with van der Waals surface area (Å²) in [6.45, 7) is 1.69. The van der Waals surface area contributed by atoms with Crippen molar-refractivity contribution in [2.24, 2.45) is 0 Å². The molecule has 7 nitrogen and oxygen atoms in total. The second kappa shape index (κ2) is 7.53. The number of fused-ring (bicyclic) bond motifs is 2. The van der Waals surface area contributed by atoms with Gasteiger partial charge < -0.3 is 24.8 Å². The van der Waals surface area contributed by atoms with E-state index in [0.717, 1.165) is 52.1 Å². The van der Waals surface area contributed by atoms with Gasteiger partial charge in [-0.2, -0.15) is 0 Å². The largest absolute Gasteiger partial charge is 0.493 e. The van der Waals surface area contributed by atoms with Gasteiger partial charge in [0.05, 0.1) is 27.0 Å². The van der Waals surface area contributed by atoms with E-state index >= 15 is 0 Å². The monoisotopic (exact) mass is 413 g/mol. The van der Waals surface area contributed by atoms with Crippen molar-refractivity contribution in [3.05, 3.63) is 34.3 Å². The Bertz CT molecular complexity index is 1110. The van der Waals surface area contributed by atoms with Gasteiger partial charge in [-0.1, -0.05) is 6.07 Å². The molecule has 0 saturated carbocycles. The molecule has 0 saturated heterocycles. The second-order valence-electron chi connectivity index (χ2n) is 6.99. The fourth-order valence-corrected chi connectivity index (χ4v) is 4.86. The van der Waals surface area contributed by atoms with E-state index in [1.54, 1.807) is 14.2 Å². The van der Waals surface area contributed by atoms with Crippen LogP contribution in [0.4, 0.5) is 5.69 Å². The van der Waals surface area contributed by atoms with Crippen LogP contribution in [0.2, 0.25) is 0 Å². The Kier molecular flexibility index (Phi) is 5.06. The Hall–Kier alpha value is -2.84. The molecule has 0 aliphatic carbocycles. The van der Waals surface area contributed by atoms with Crippen LogP contribution in [-0.2, 0) is 17.7 Å². The highest BCUT2D eigenvalue weighted by Gasteiger charge is 2.27. The third kappa shape index (κ3) is 3.18. The maximum absolute atomic E-state index is 12.2. The number of anilines is 1. The van der Waals surface area contributed by atoms with Crippen LogP contribution in [0.5, 0.6) is 11.5 Å². The molecule has 1 aromatic carbocycles. The molecule has 29 heavy (non-hydrogen) atoms. The van der Waals surface area contributed by atoms with Crippen LogP contribution in [0.25, 0.3) is 21.3 Å². The first-order valence-corrected chi connectivity index (χ1v) is 10.0. The molecule has 0 unspecified atom stereocenters. The topological polar surface area (TPSA) is 86.9 Å². The molecule has 3 aromatic rings. The Balaban J connectivity index is 2.06. The van der Waals surface area contributed by atoms with Gasteiger partial charge in [0.1, 0.15) is 9.71 Å². The summed E-state index contributed by atoms with van der Waals surface area (Å²) in [5.41, 5.74) is 11.0. The molecule has 8 heteroatoms. The number of hydrogen-bond donors (Lipinski definition) is 1. The van der Waals surface area contributed by atoms with Gasteiger partial charge in [-0.05, 0) is 30.3 Å². The van der Waals surface area contributed by atoms with Crippen LogP contribution in [0.1, 0.15) is 20.9 Å². The Morgan fingerprint density at radius 1 is 1.21 bits per heavy atom. The number of esters is 1. The van der Waals surface area contributed by atoms with E-state index < -0.39 is 5.97 Å². The molecule has 0 spiro atoms. The highest BCUT2D eigenvalue weighted by molar-refractivity contribution is 7.21. The van der Waals surface area contributed by atoms with Crippen LogP contribution < -0.4 is 15.2 Å². The minimum absolute atomic E-state index is 0.382. The summed E-state index contributed by atoms with van der Waals surface area (Å²) in [4.78, 5) is 20.5. The first-order chi connectivity index (χ1) is 14.0. The average Bonchev–Trinajstić information content (AvgIpc) is 3.07. The SMILES string of the molecule is COC(=O)c1sc2nc3c(c(-c4ccc(OC)c(OC)c4)c2c1N)CN(C)CC3. The van der Waals surface area contributed by atoms with Gasteiger partial charge in [-0.3, -0.25) is 0 Å². The first kappa shape index (κ1) is 19.5. The van der Waals surface area contributed by atoms with E-state index in [9.17, 15) is 4.79 Å². The normalized spacial score (nSPS) is 13.9. The number of rotatable bonds is 4. The van der Waals surface area contributed by atoms with E-state index in [1.807, 2.05) is 18.2 Å². The maximum atomic E-state index is 12.2. The van der Waals surface area contributed by atoms with E-state index in [2.05, 4.69) is 11.9 Å². The van der Waals surface area contributed by atoms with Gasteiger partial charge in [0.25, 0.3) is 0 Å². The van der Waals surface area contributed by atoms with E-state index in [-0.39, 0.29) is 0 Å². The third-order valence-corrected chi connectivity index (χ3v) is 6.34. The minimum Gasteiger partial charge on any atom is -0.493 e. The Morgan fingerprint density at radius 2 is 1.97 bits per heavy atom. The number of carbonyl (C=O) groups excluding carboxylic acids is 1. The number of aromatic nitrogens is 1. The van der Waals surface area contributed by atoms with E-state index in [1.165, 1.54) is 18.4 Å². The number of carbonyl (C=O) groups is 1. The second-order valence-corrected chi connectivity index (χ2v) is 7.99. The number of nitrogens with zero attached hydrogens (tertiary/aromatic N) is 2. The number of pyridine rings is 1. The number of hydrogen-bond acceptors (Lipinski definition) is 8. The minimum atomic E-state index is -0.446. The Morgan fingerprint density at radius 3 is 2.66 bits per heavy atom. The molecule has 152 valence electrons. The number of nitrogens with two attached hydrogens (primary N) is 1. The number of thiophene rings is 1. The lowest BCUT2D eigenvalue weighted by molar-refractivity contribution is 0.0607. The van der Waals surface area contributed by atoms with E-state index in [0.29, 0.717) is 22.1 Å². The molecule has 4 rings (SSSR count). The first-order valence-electron chi connectivity index (χ1n) is 9.21. The molecule has 3 heterocycles. The van der Waals surface area contributed by atoms with Crippen molar-refractivity contribution in [1.82, 2.24) is 9.88 Å². The fourth-order valence-electron chi connectivity index (χ4n) is 3.81. The summed E-state index contributed by atoms with van der Waals surface area (Å²) in [5.74, 6) is 0.842. The highest BCUT2D eigenvalue weighted by Crippen LogP contribution is 2.45. The summed E-state index contributed by atoms with van der Waals surface area (Å²) in [7, 11) is 6.66. The molecule has 0 radical (unpaired) electrons. The van der Waals surface area contributed by atoms with Gasteiger partial charge in [0, 0.05) is 36.2 Å². The summed E-state index contributed by atoms with van der Waals surface area (Å²) in [6, 6.07) is 5.81. The summed E-state index contributed by atoms with van der Waals surface area (Å²) < 4.78 is 15.8. The quantitative estimate of drug-likeness (QED) is 0.657. The Labute approximate surface area is 173 Å². The van der Waals surface area contributed by atoms with E-state index in [4.69, 9.17) is 24.9 Å². The van der Waals surface area contributed by atoms with Crippen molar-refractivity contribution in [2.75, 3.05) is 40.7 Å². The van der Waals surface area contributed by atoms with Crippen molar-refractivity contribution in [3.63, 3.8) is 0 Å². The number of nitrogen functional groups attached to an aromatic ring is 1. The molecule has 0 atom stereocenters. The predicted octanol–water partition coefficient (Wildman–Crippen LogP) is 3.34. The zero-order valence-electron chi connectivity index (χ0n) is 16.9. The van der Waals surface area contributed by atoms with Crippen LogP contribution in [0, 0.1) is 0 Å². The molecule has 1 aliphatic heterocycles. The number of ether oxygens (including phenoxy) is 3. The van der Waals surface area contributed by atoms with Gasteiger partial charge in [0.15, 0.2) is 11.5 Å². The fraction of sp³-hybridized carbons (Fsp3) is 0.333. The standard InChI is InChI=1S/C21H23N3O4S/c1-24-8-7-13-12(10-24)16(11-5-6-14(26-2)15(9-11)27-3)17-18(22)19(21(25)28-4)29-20(17)23-13/h5-6,9H,7-8,10,22H2,1-4H3. The van der Waals surface area contributed by atoms with Crippen LogP contribution >= 0.6 is 11.3 Å². The van der Waals surface area contributed by atoms with Crippen molar-refractivity contribution in [2.45, 2.75) is 13.0 Å². The van der Waals surface area contributed by atoms with Crippen LogP contribution in [0.3, 0.4) is 0 Å². The molecular formula is C21H23N3O4S. The summed E-state index contributed by atoms with van der Waals surface area (Å²) >= 11 is 1.28.